The zero-order valence-electron chi connectivity index (χ0n) is 37.8. The normalized spacial score (nSPS) is 13.3. The molecule has 1 amide bonds. The second kappa shape index (κ2) is 44.7. The second-order valence-electron chi connectivity index (χ2n) is 17.2. The molecule has 6 nitrogen and oxygen atoms in total. The molecule has 0 aliphatic rings. The molecule has 3 N–H and O–H groups in total. The van der Waals surface area contributed by atoms with Gasteiger partial charge in [-0.2, -0.15) is 0 Å². The van der Waals surface area contributed by atoms with Gasteiger partial charge in [-0.3, -0.25) is 9.59 Å². The molecule has 0 saturated heterocycles. The Morgan fingerprint density at radius 2 is 0.857 bits per heavy atom. The minimum atomic E-state index is -0.779. The van der Waals surface area contributed by atoms with Gasteiger partial charge >= 0.3 is 5.97 Å². The zero-order valence-corrected chi connectivity index (χ0v) is 37.8. The van der Waals surface area contributed by atoms with Gasteiger partial charge in [0.2, 0.25) is 5.91 Å². The van der Waals surface area contributed by atoms with Gasteiger partial charge < -0.3 is 20.3 Å². The Labute approximate surface area is 349 Å². The minimum Gasteiger partial charge on any atom is -0.462 e. The Bertz CT molecular complexity index is 847. The molecule has 0 fully saturated rings. The maximum atomic E-state index is 13.1. The topological polar surface area (TPSA) is 95.9 Å². The van der Waals surface area contributed by atoms with Gasteiger partial charge in [0.1, 0.15) is 6.10 Å². The predicted molar refractivity (Wildman–Crippen MR) is 241 cm³/mol. The maximum Gasteiger partial charge on any atom is 0.306 e. The summed E-state index contributed by atoms with van der Waals surface area (Å²) in [4.78, 5) is 26.0. The highest BCUT2D eigenvalue weighted by Crippen LogP contribution is 2.18. The number of aliphatic hydroxyl groups is 2. The lowest BCUT2D eigenvalue weighted by molar-refractivity contribution is -0.151. The van der Waals surface area contributed by atoms with E-state index in [1.54, 1.807) is 0 Å². The number of unbranched alkanes of at least 4 members (excludes halogenated alkanes) is 31. The average molecular weight is 792 g/mol. The van der Waals surface area contributed by atoms with Gasteiger partial charge in [0.05, 0.1) is 25.2 Å². The molecule has 0 heterocycles. The quantitative estimate of drug-likeness (QED) is 0.0324. The largest absolute Gasteiger partial charge is 0.462 e. The summed E-state index contributed by atoms with van der Waals surface area (Å²) >= 11 is 0. The van der Waals surface area contributed by atoms with Gasteiger partial charge in [-0.05, 0) is 51.4 Å². The van der Waals surface area contributed by atoms with Crippen LogP contribution in [0.3, 0.4) is 0 Å². The number of carbonyl (C=O) groups excluding carboxylic acids is 2. The molecule has 0 aromatic rings. The van der Waals surface area contributed by atoms with Gasteiger partial charge in [0.25, 0.3) is 0 Å². The summed E-state index contributed by atoms with van der Waals surface area (Å²) in [7, 11) is 0. The predicted octanol–water partition coefficient (Wildman–Crippen LogP) is 14.6. The van der Waals surface area contributed by atoms with Crippen LogP contribution in [0.4, 0.5) is 0 Å². The van der Waals surface area contributed by atoms with Crippen LogP contribution in [0, 0.1) is 0 Å². The fourth-order valence-corrected chi connectivity index (χ4v) is 7.78. The van der Waals surface area contributed by atoms with E-state index in [-0.39, 0.29) is 24.9 Å². The van der Waals surface area contributed by atoms with E-state index < -0.39 is 18.2 Å². The first-order chi connectivity index (χ1) is 27.5. The molecule has 0 radical (unpaired) electrons. The van der Waals surface area contributed by atoms with Crippen LogP contribution in [-0.4, -0.2) is 46.9 Å². The molecule has 0 aromatic heterocycles. The van der Waals surface area contributed by atoms with Crippen LogP contribution in [0.15, 0.2) is 12.2 Å². The Hall–Kier alpha value is -1.40. The van der Waals surface area contributed by atoms with E-state index in [1.165, 1.54) is 180 Å². The Kier molecular flexibility index (Phi) is 43.6. The van der Waals surface area contributed by atoms with Crippen LogP contribution >= 0.6 is 0 Å². The van der Waals surface area contributed by atoms with Crippen molar-refractivity contribution in [3.63, 3.8) is 0 Å². The summed E-state index contributed by atoms with van der Waals surface area (Å²) in [6.07, 6.45) is 48.6. The number of rotatable bonds is 45. The smallest absolute Gasteiger partial charge is 0.306 e. The Morgan fingerprint density at radius 1 is 0.500 bits per heavy atom. The van der Waals surface area contributed by atoms with E-state index in [2.05, 4.69) is 38.2 Å². The molecule has 0 aromatic carbocycles. The van der Waals surface area contributed by atoms with E-state index in [1.807, 2.05) is 0 Å². The van der Waals surface area contributed by atoms with Crippen molar-refractivity contribution in [1.82, 2.24) is 5.32 Å². The number of hydrogen-bond acceptors (Lipinski definition) is 5. The third-order valence-electron chi connectivity index (χ3n) is 11.6. The van der Waals surface area contributed by atoms with Crippen LogP contribution in [-0.2, 0) is 14.3 Å². The number of hydrogen-bond donors (Lipinski definition) is 3. The summed E-state index contributed by atoms with van der Waals surface area (Å²) in [6, 6.07) is -0.692. The molecule has 332 valence electrons. The fourth-order valence-electron chi connectivity index (χ4n) is 7.78. The lowest BCUT2D eigenvalue weighted by Crippen LogP contribution is -2.46. The lowest BCUT2D eigenvalue weighted by atomic mass is 10.0. The molecule has 0 bridgehead atoms. The average Bonchev–Trinajstić information content (AvgIpc) is 3.19. The van der Waals surface area contributed by atoms with Gasteiger partial charge in [-0.1, -0.05) is 219 Å². The van der Waals surface area contributed by atoms with E-state index in [4.69, 9.17) is 4.74 Å². The van der Waals surface area contributed by atoms with Gasteiger partial charge in [-0.15, -0.1) is 0 Å². The van der Waals surface area contributed by atoms with E-state index in [9.17, 15) is 19.8 Å². The number of aliphatic hydroxyl groups excluding tert-OH is 2. The van der Waals surface area contributed by atoms with Crippen molar-refractivity contribution >= 4 is 11.9 Å². The highest BCUT2D eigenvalue weighted by atomic mass is 16.5. The highest BCUT2D eigenvalue weighted by molar-refractivity contribution is 5.77. The number of nitrogens with one attached hydrogen (secondary N) is 1. The molecule has 0 aliphatic carbocycles. The van der Waals surface area contributed by atoms with Crippen LogP contribution in [0.25, 0.3) is 0 Å². The third-order valence-corrected chi connectivity index (χ3v) is 11.6. The molecule has 0 rings (SSSR count). The number of allylic oxidation sites excluding steroid dienone is 2. The lowest BCUT2D eigenvalue weighted by Gasteiger charge is -2.24. The summed E-state index contributed by atoms with van der Waals surface area (Å²) in [5.41, 5.74) is 0. The van der Waals surface area contributed by atoms with Crippen molar-refractivity contribution < 1.29 is 24.5 Å². The second-order valence-corrected chi connectivity index (χ2v) is 17.2. The van der Waals surface area contributed by atoms with E-state index in [0.717, 1.165) is 44.9 Å². The molecule has 6 heteroatoms. The van der Waals surface area contributed by atoms with Gasteiger partial charge in [-0.25, -0.2) is 0 Å². The molecule has 0 spiro atoms. The third kappa shape index (κ3) is 39.4. The van der Waals surface area contributed by atoms with Crippen LogP contribution < -0.4 is 5.32 Å². The zero-order chi connectivity index (χ0) is 41.0. The molecule has 3 unspecified atom stereocenters. The minimum absolute atomic E-state index is 0.0825. The van der Waals surface area contributed by atoms with Crippen molar-refractivity contribution in [3.05, 3.63) is 12.2 Å². The van der Waals surface area contributed by atoms with Crippen LogP contribution in [0.5, 0.6) is 0 Å². The monoisotopic (exact) mass is 792 g/mol. The van der Waals surface area contributed by atoms with Gasteiger partial charge in [0.15, 0.2) is 0 Å². The number of amides is 1. The van der Waals surface area contributed by atoms with Crippen molar-refractivity contribution in [3.8, 4) is 0 Å². The number of carbonyl (C=O) groups is 2. The molecular weight excluding hydrogens is 695 g/mol. The summed E-state index contributed by atoms with van der Waals surface area (Å²) in [6.45, 7) is 6.46. The Balaban J connectivity index is 4.35. The summed E-state index contributed by atoms with van der Waals surface area (Å²) < 4.78 is 5.90. The van der Waals surface area contributed by atoms with Crippen molar-refractivity contribution in [2.24, 2.45) is 0 Å². The number of esters is 1. The van der Waals surface area contributed by atoms with Gasteiger partial charge in [0, 0.05) is 6.42 Å². The first-order valence-electron chi connectivity index (χ1n) is 24.9. The Morgan fingerprint density at radius 3 is 1.27 bits per heavy atom. The molecule has 0 saturated carbocycles. The van der Waals surface area contributed by atoms with Crippen LogP contribution in [0.1, 0.15) is 271 Å². The van der Waals surface area contributed by atoms with E-state index in [0.29, 0.717) is 19.3 Å². The molecule has 3 atom stereocenters. The highest BCUT2D eigenvalue weighted by Gasteiger charge is 2.24. The fraction of sp³-hybridized carbons (Fsp3) is 0.920. The van der Waals surface area contributed by atoms with Crippen molar-refractivity contribution in [2.75, 3.05) is 6.61 Å². The summed E-state index contributed by atoms with van der Waals surface area (Å²) in [5, 5.41) is 23.6. The van der Waals surface area contributed by atoms with Crippen LogP contribution in [0.2, 0.25) is 0 Å². The first-order valence-corrected chi connectivity index (χ1v) is 24.9. The number of ether oxygens (including phenoxy) is 1. The maximum absolute atomic E-state index is 13.1. The van der Waals surface area contributed by atoms with E-state index >= 15 is 0 Å². The summed E-state index contributed by atoms with van der Waals surface area (Å²) in [5.74, 6) is -0.466. The molecule has 0 aliphatic heterocycles. The SMILES string of the molecule is CCCCCCCC/C=C/CCCCCCCCCCCC(=O)OC(CCCCCCCCCC)CC(=O)NC(CO)C(O)CCCCCCCCCCCC. The van der Waals surface area contributed by atoms with Crippen molar-refractivity contribution in [1.29, 1.82) is 0 Å². The molecule has 56 heavy (non-hydrogen) atoms. The standard InChI is InChI=1S/C50H97NO5/c1-4-7-10-13-16-19-21-22-23-24-25-26-27-28-29-31-34-37-40-43-50(55)56-46(41-38-35-32-18-15-12-9-6-3)44-49(54)51-47(45-52)48(53)42-39-36-33-30-20-17-14-11-8-5-2/h22-23,46-48,52-53H,4-21,24-45H2,1-3H3,(H,51,54)/b23-22+. The molecular formula is C50H97NO5. The van der Waals surface area contributed by atoms with Crippen molar-refractivity contribution in [2.45, 2.75) is 289 Å². The first kappa shape index (κ1) is 54.6.